The van der Waals surface area contributed by atoms with Gasteiger partial charge in [-0.2, -0.15) is 10.2 Å². The first-order valence-electron chi connectivity index (χ1n) is 7.75. The molecule has 3 aromatic rings. The van der Waals surface area contributed by atoms with Crippen molar-refractivity contribution in [2.75, 3.05) is 23.8 Å². The third-order valence-electron chi connectivity index (χ3n) is 4.60. The highest BCUT2D eigenvalue weighted by Crippen LogP contribution is 2.43. The predicted molar refractivity (Wildman–Crippen MR) is 88.7 cm³/mol. The van der Waals surface area contributed by atoms with Crippen LogP contribution < -0.4 is 10.6 Å². The molecule has 25 heavy (non-hydrogen) atoms. The Morgan fingerprint density at radius 1 is 1.36 bits per heavy atom. The number of benzene rings is 1. The molecule has 0 radical (unpaired) electrons. The lowest BCUT2D eigenvalue weighted by atomic mass is 9.97. The summed E-state index contributed by atoms with van der Waals surface area (Å²) in [5, 5.41) is 9.52. The number of halogens is 1. The first-order chi connectivity index (χ1) is 12.1. The zero-order chi connectivity index (χ0) is 17.1. The Morgan fingerprint density at radius 3 is 3.08 bits per heavy atom. The first kappa shape index (κ1) is 14.6. The van der Waals surface area contributed by atoms with Crippen LogP contribution in [-0.4, -0.2) is 29.2 Å². The van der Waals surface area contributed by atoms with Crippen LogP contribution in [0.3, 0.4) is 0 Å². The Bertz CT molecular complexity index is 1040. The number of nitrogens with zero attached hydrogens (tertiary/aromatic N) is 4. The van der Waals surface area contributed by atoms with Crippen LogP contribution in [0.15, 0.2) is 16.5 Å². The lowest BCUT2D eigenvalue weighted by Crippen LogP contribution is -2.51. The summed E-state index contributed by atoms with van der Waals surface area (Å²) in [6.45, 7) is 1.02. The van der Waals surface area contributed by atoms with E-state index in [-0.39, 0.29) is 17.6 Å². The summed E-state index contributed by atoms with van der Waals surface area (Å²) in [6.07, 6.45) is 0.691. The summed E-state index contributed by atoms with van der Waals surface area (Å²) in [5.74, 6) is -0.614. The number of ether oxygens (including phenoxy) is 1. The Labute approximate surface area is 145 Å². The largest absolute Gasteiger partial charge is 0.423 e. The van der Waals surface area contributed by atoms with Crippen LogP contribution in [0, 0.1) is 17.1 Å². The molecule has 2 bridgehead atoms. The van der Waals surface area contributed by atoms with Crippen LogP contribution in [0.25, 0.3) is 11.1 Å². The topological polar surface area (TPSA) is 101 Å². The van der Waals surface area contributed by atoms with Crippen LogP contribution in [0.4, 0.5) is 15.5 Å². The van der Waals surface area contributed by atoms with Gasteiger partial charge >= 0.3 is 0 Å². The molecule has 5 rings (SSSR count). The average Bonchev–Trinajstić information content (AvgIpc) is 3.15. The Kier molecular flexibility index (Phi) is 3.01. The highest BCUT2D eigenvalue weighted by atomic mass is 32.1. The summed E-state index contributed by atoms with van der Waals surface area (Å²) in [5.41, 5.74) is 7.61. The van der Waals surface area contributed by atoms with Crippen LogP contribution in [0.1, 0.15) is 22.2 Å². The number of aromatic nitrogens is 2. The molecule has 0 saturated carbocycles. The number of nitrogen functional groups attached to an aromatic ring is 1. The summed E-state index contributed by atoms with van der Waals surface area (Å²) < 4.78 is 25.4. The molecule has 0 aliphatic carbocycles. The maximum atomic E-state index is 13.8. The SMILES string of the molecule is N#Cc1cc2nc(N3[C@@H]4COC[C@H]3c3sc(N)nc3C4)oc2cc1F. The maximum absolute atomic E-state index is 13.8. The third-order valence-corrected chi connectivity index (χ3v) is 5.63. The molecule has 0 unspecified atom stereocenters. The highest BCUT2D eigenvalue weighted by molar-refractivity contribution is 7.15. The molecular formula is C16H12FN5O2S. The number of thiazole rings is 1. The smallest absolute Gasteiger partial charge is 0.299 e. The van der Waals surface area contributed by atoms with Crippen molar-refractivity contribution < 1.29 is 13.5 Å². The van der Waals surface area contributed by atoms with E-state index in [2.05, 4.69) is 14.9 Å². The quantitative estimate of drug-likeness (QED) is 0.713. The lowest BCUT2D eigenvalue weighted by Gasteiger charge is -2.43. The van der Waals surface area contributed by atoms with Gasteiger partial charge in [0.15, 0.2) is 10.7 Å². The summed E-state index contributed by atoms with van der Waals surface area (Å²) in [7, 11) is 0. The van der Waals surface area contributed by atoms with Crippen molar-refractivity contribution in [2.24, 2.45) is 0 Å². The van der Waals surface area contributed by atoms with E-state index in [0.29, 0.717) is 41.9 Å². The Balaban J connectivity index is 1.63. The number of morpholine rings is 1. The van der Waals surface area contributed by atoms with E-state index in [1.807, 2.05) is 6.07 Å². The van der Waals surface area contributed by atoms with Crippen molar-refractivity contribution in [2.45, 2.75) is 18.5 Å². The number of hydrogen-bond donors (Lipinski definition) is 1. The van der Waals surface area contributed by atoms with E-state index in [9.17, 15) is 4.39 Å². The van der Waals surface area contributed by atoms with E-state index in [0.717, 1.165) is 10.6 Å². The molecular weight excluding hydrogens is 345 g/mol. The van der Waals surface area contributed by atoms with Gasteiger partial charge in [0, 0.05) is 12.5 Å². The second-order valence-corrected chi connectivity index (χ2v) is 7.15. The minimum Gasteiger partial charge on any atom is -0.423 e. The molecule has 1 aromatic carbocycles. The monoisotopic (exact) mass is 357 g/mol. The second kappa shape index (κ2) is 5.15. The molecule has 0 amide bonds. The van der Waals surface area contributed by atoms with Crippen molar-refractivity contribution in [3.8, 4) is 6.07 Å². The van der Waals surface area contributed by atoms with Crippen LogP contribution >= 0.6 is 11.3 Å². The van der Waals surface area contributed by atoms with Gasteiger partial charge in [-0.25, -0.2) is 9.37 Å². The second-order valence-electron chi connectivity index (χ2n) is 6.09. The molecule has 1 saturated heterocycles. The van der Waals surface area contributed by atoms with Crippen molar-refractivity contribution >= 4 is 33.6 Å². The standard InChI is InChI=1S/C16H12FN5O2S/c17-9-3-13-10(1-7(9)4-18)21-16(24-13)22-8-2-11-14(25-15(19)20-11)12(22)6-23-5-8/h1,3,8,12H,2,5-6H2,(H2,19,20)/t8-,12-/m0/s1. The van der Waals surface area contributed by atoms with Crippen LogP contribution in [0.2, 0.25) is 0 Å². The normalized spacial score (nSPS) is 22.0. The van der Waals surface area contributed by atoms with Gasteiger partial charge in [-0.1, -0.05) is 11.3 Å². The van der Waals surface area contributed by atoms with Gasteiger partial charge < -0.3 is 19.8 Å². The van der Waals surface area contributed by atoms with E-state index < -0.39 is 5.82 Å². The molecule has 2 aromatic heterocycles. The zero-order valence-corrected chi connectivity index (χ0v) is 13.7. The van der Waals surface area contributed by atoms with Crippen LogP contribution in [0.5, 0.6) is 0 Å². The van der Waals surface area contributed by atoms with Gasteiger partial charge in [-0.3, -0.25) is 0 Å². The highest BCUT2D eigenvalue weighted by Gasteiger charge is 2.42. The maximum Gasteiger partial charge on any atom is 0.299 e. The molecule has 2 aliphatic rings. The molecule has 126 valence electrons. The lowest BCUT2D eigenvalue weighted by molar-refractivity contribution is 0.0579. The fourth-order valence-electron chi connectivity index (χ4n) is 3.52. The number of fused-ring (bicyclic) bond motifs is 5. The summed E-state index contributed by atoms with van der Waals surface area (Å²) in [6, 6.07) is 4.79. The first-order valence-corrected chi connectivity index (χ1v) is 8.57. The Morgan fingerprint density at radius 2 is 2.24 bits per heavy atom. The number of rotatable bonds is 1. The molecule has 2 atom stereocenters. The molecule has 2 N–H and O–H groups in total. The number of hydrogen-bond acceptors (Lipinski definition) is 8. The van der Waals surface area contributed by atoms with Gasteiger partial charge in [0.05, 0.1) is 41.4 Å². The van der Waals surface area contributed by atoms with Crippen molar-refractivity contribution in [1.29, 1.82) is 5.26 Å². The minimum absolute atomic E-state index is 0.0288. The van der Waals surface area contributed by atoms with Crippen molar-refractivity contribution in [3.05, 3.63) is 34.1 Å². The van der Waals surface area contributed by atoms with Gasteiger partial charge in [0.2, 0.25) is 0 Å². The molecule has 4 heterocycles. The molecule has 2 aliphatic heterocycles. The van der Waals surface area contributed by atoms with E-state index in [1.54, 1.807) is 0 Å². The molecule has 7 nitrogen and oxygen atoms in total. The van der Waals surface area contributed by atoms with Gasteiger partial charge in [-0.15, -0.1) is 0 Å². The number of nitriles is 1. The number of anilines is 2. The van der Waals surface area contributed by atoms with E-state index in [1.165, 1.54) is 23.5 Å². The molecule has 9 heteroatoms. The summed E-state index contributed by atoms with van der Waals surface area (Å²) >= 11 is 1.45. The van der Waals surface area contributed by atoms with Crippen molar-refractivity contribution in [3.63, 3.8) is 0 Å². The zero-order valence-electron chi connectivity index (χ0n) is 12.9. The van der Waals surface area contributed by atoms with E-state index in [4.69, 9.17) is 20.1 Å². The van der Waals surface area contributed by atoms with Crippen LogP contribution in [-0.2, 0) is 11.2 Å². The van der Waals surface area contributed by atoms with E-state index >= 15 is 0 Å². The molecule has 1 fully saturated rings. The minimum atomic E-state index is -0.614. The van der Waals surface area contributed by atoms with Gasteiger partial charge in [0.1, 0.15) is 17.4 Å². The van der Waals surface area contributed by atoms with Crippen molar-refractivity contribution in [1.82, 2.24) is 9.97 Å². The Hall–Kier alpha value is -2.70. The molecule has 0 spiro atoms. The van der Waals surface area contributed by atoms with Gasteiger partial charge in [0.25, 0.3) is 6.01 Å². The third kappa shape index (κ3) is 2.11. The average molecular weight is 357 g/mol. The fraction of sp³-hybridized carbons (Fsp3) is 0.312. The van der Waals surface area contributed by atoms with Gasteiger partial charge in [-0.05, 0) is 6.07 Å². The summed E-state index contributed by atoms with van der Waals surface area (Å²) in [4.78, 5) is 12.0. The predicted octanol–water partition coefficient (Wildman–Crippen LogP) is 2.38. The fourth-order valence-corrected chi connectivity index (χ4v) is 4.47. The number of oxazole rings is 1. The number of nitrogens with two attached hydrogens (primary N) is 1.